The Morgan fingerprint density at radius 1 is 1.38 bits per heavy atom. The van der Waals surface area contributed by atoms with E-state index in [1.807, 2.05) is 38.1 Å². The summed E-state index contributed by atoms with van der Waals surface area (Å²) in [6.45, 7) is 7.47. The second-order valence-corrected chi connectivity index (χ2v) is 6.19. The van der Waals surface area contributed by atoms with Crippen LogP contribution < -0.4 is 5.32 Å². The average molecular weight is 354 g/mol. The lowest BCUT2D eigenvalue weighted by atomic mass is 9.99. The van der Waals surface area contributed by atoms with Gasteiger partial charge in [0.25, 0.3) is 0 Å². The third-order valence-corrected chi connectivity index (χ3v) is 3.54. The maximum absolute atomic E-state index is 12.2. The van der Waals surface area contributed by atoms with Crippen molar-refractivity contribution in [1.82, 2.24) is 5.32 Å². The molecule has 0 radical (unpaired) electrons. The maximum Gasteiger partial charge on any atom is 0.305 e. The van der Waals surface area contributed by atoms with Gasteiger partial charge in [0.15, 0.2) is 0 Å². The van der Waals surface area contributed by atoms with Crippen LogP contribution in [0.2, 0.25) is 0 Å². The quantitative estimate of drug-likeness (QED) is 0.734. The molecule has 2 unspecified atom stereocenters. The van der Waals surface area contributed by atoms with Gasteiger partial charge in [0, 0.05) is 10.4 Å². The summed E-state index contributed by atoms with van der Waals surface area (Å²) in [6.07, 6.45) is 0.437. The second kappa shape index (κ2) is 7.98. The zero-order valence-corrected chi connectivity index (χ0v) is 13.8. The third-order valence-electron chi connectivity index (χ3n) is 3.05. The summed E-state index contributed by atoms with van der Waals surface area (Å²) in [7, 11) is 0. The summed E-state index contributed by atoms with van der Waals surface area (Å²) in [4.78, 5) is 23.2. The standard InChI is InChI=1S/C16H20BrNO3/c1-10(2)7-11(3)16(21)18-14(9-15(19)20)12-5-4-6-13(17)8-12/h4-6,8,11,14H,1,7,9H2,2-3H3,(H,18,21)(H,19,20). The number of halogens is 1. The minimum atomic E-state index is -0.951. The molecule has 1 aromatic rings. The van der Waals surface area contributed by atoms with Crippen molar-refractivity contribution in [1.29, 1.82) is 0 Å². The van der Waals surface area contributed by atoms with Crippen LogP contribution in [0.3, 0.4) is 0 Å². The lowest BCUT2D eigenvalue weighted by Gasteiger charge is -2.20. The molecule has 0 aliphatic carbocycles. The van der Waals surface area contributed by atoms with E-state index in [4.69, 9.17) is 5.11 Å². The molecule has 2 atom stereocenters. The van der Waals surface area contributed by atoms with Crippen LogP contribution in [-0.4, -0.2) is 17.0 Å². The predicted octanol–water partition coefficient (Wildman–Crippen LogP) is 3.68. The highest BCUT2D eigenvalue weighted by atomic mass is 79.9. The first-order valence-corrected chi connectivity index (χ1v) is 7.51. The minimum Gasteiger partial charge on any atom is -0.481 e. The molecule has 1 amide bonds. The predicted molar refractivity (Wildman–Crippen MR) is 85.9 cm³/mol. The summed E-state index contributed by atoms with van der Waals surface area (Å²) in [5.41, 5.74) is 1.69. The molecule has 4 nitrogen and oxygen atoms in total. The molecule has 0 aliphatic rings. The lowest BCUT2D eigenvalue weighted by Crippen LogP contribution is -2.34. The Morgan fingerprint density at radius 3 is 2.57 bits per heavy atom. The van der Waals surface area contributed by atoms with Gasteiger partial charge in [0.1, 0.15) is 0 Å². The van der Waals surface area contributed by atoms with Crippen LogP contribution in [0.5, 0.6) is 0 Å². The van der Waals surface area contributed by atoms with Crippen LogP contribution in [0, 0.1) is 5.92 Å². The highest BCUT2D eigenvalue weighted by Gasteiger charge is 2.21. The molecule has 5 heteroatoms. The molecule has 0 aliphatic heterocycles. The van der Waals surface area contributed by atoms with E-state index in [1.54, 1.807) is 0 Å². The van der Waals surface area contributed by atoms with Gasteiger partial charge >= 0.3 is 5.97 Å². The summed E-state index contributed by atoms with van der Waals surface area (Å²) >= 11 is 3.35. The van der Waals surface area contributed by atoms with Crippen LogP contribution in [-0.2, 0) is 9.59 Å². The first-order chi connectivity index (χ1) is 9.79. The topological polar surface area (TPSA) is 66.4 Å². The van der Waals surface area contributed by atoms with Crippen LogP contribution in [0.4, 0.5) is 0 Å². The molecular formula is C16H20BrNO3. The van der Waals surface area contributed by atoms with Gasteiger partial charge in [-0.1, -0.05) is 40.6 Å². The van der Waals surface area contributed by atoms with Crippen molar-refractivity contribution in [2.75, 3.05) is 0 Å². The molecule has 1 aromatic carbocycles. The van der Waals surface area contributed by atoms with Gasteiger partial charge in [0.2, 0.25) is 5.91 Å². The number of aliphatic carboxylic acids is 1. The summed E-state index contributed by atoms with van der Waals surface area (Å²) in [6, 6.07) is 6.75. The first-order valence-electron chi connectivity index (χ1n) is 6.71. The van der Waals surface area contributed by atoms with Crippen molar-refractivity contribution >= 4 is 27.8 Å². The van der Waals surface area contributed by atoms with Crippen molar-refractivity contribution in [2.45, 2.75) is 32.7 Å². The Kier molecular flexibility index (Phi) is 6.62. The molecular weight excluding hydrogens is 334 g/mol. The molecule has 0 bridgehead atoms. The van der Waals surface area contributed by atoms with E-state index in [0.29, 0.717) is 6.42 Å². The van der Waals surface area contributed by atoms with Crippen LogP contribution in [0.15, 0.2) is 40.9 Å². The highest BCUT2D eigenvalue weighted by molar-refractivity contribution is 9.10. The van der Waals surface area contributed by atoms with E-state index >= 15 is 0 Å². The normalized spacial score (nSPS) is 13.3. The van der Waals surface area contributed by atoms with Crippen molar-refractivity contribution in [3.05, 3.63) is 46.5 Å². The molecule has 0 saturated carbocycles. The fourth-order valence-electron chi connectivity index (χ4n) is 2.08. The second-order valence-electron chi connectivity index (χ2n) is 5.28. The molecule has 0 aromatic heterocycles. The van der Waals surface area contributed by atoms with Gasteiger partial charge in [-0.25, -0.2) is 0 Å². The van der Waals surface area contributed by atoms with Crippen LogP contribution >= 0.6 is 15.9 Å². The first kappa shape index (κ1) is 17.4. The largest absolute Gasteiger partial charge is 0.481 e. The number of carboxylic acid groups (broad SMARTS) is 1. The van der Waals surface area contributed by atoms with E-state index in [1.165, 1.54) is 0 Å². The number of rotatable bonds is 7. The average Bonchev–Trinajstić information content (AvgIpc) is 2.36. The number of nitrogens with one attached hydrogen (secondary N) is 1. The van der Waals surface area contributed by atoms with E-state index in [0.717, 1.165) is 15.6 Å². The van der Waals surface area contributed by atoms with Gasteiger partial charge in [-0.2, -0.15) is 0 Å². The molecule has 2 N–H and O–H groups in total. The Bertz CT molecular complexity index is 542. The number of allylic oxidation sites excluding steroid dienone is 1. The number of benzene rings is 1. The summed E-state index contributed by atoms with van der Waals surface area (Å²) < 4.78 is 0.847. The van der Waals surface area contributed by atoms with Crippen molar-refractivity contribution < 1.29 is 14.7 Å². The number of carbonyl (C=O) groups is 2. The number of carbonyl (C=O) groups excluding carboxylic acids is 1. The monoisotopic (exact) mass is 353 g/mol. The number of amides is 1. The fourth-order valence-corrected chi connectivity index (χ4v) is 2.50. The number of carboxylic acids is 1. The smallest absolute Gasteiger partial charge is 0.305 e. The van der Waals surface area contributed by atoms with Gasteiger partial charge in [-0.15, -0.1) is 6.58 Å². The molecule has 0 saturated heterocycles. The fraction of sp³-hybridized carbons (Fsp3) is 0.375. The van der Waals surface area contributed by atoms with E-state index in [9.17, 15) is 9.59 Å². The van der Waals surface area contributed by atoms with E-state index in [2.05, 4.69) is 27.8 Å². The Hall–Kier alpha value is -1.62. The molecule has 0 spiro atoms. The van der Waals surface area contributed by atoms with Crippen LogP contribution in [0.1, 0.15) is 38.3 Å². The molecule has 114 valence electrons. The zero-order chi connectivity index (χ0) is 16.0. The molecule has 21 heavy (non-hydrogen) atoms. The maximum atomic E-state index is 12.2. The number of hydrogen-bond acceptors (Lipinski definition) is 2. The summed E-state index contributed by atoms with van der Waals surface area (Å²) in [5.74, 6) is -1.34. The Labute approximate surface area is 133 Å². The van der Waals surface area contributed by atoms with Crippen LogP contribution in [0.25, 0.3) is 0 Å². The van der Waals surface area contributed by atoms with Gasteiger partial charge in [0.05, 0.1) is 12.5 Å². The summed E-state index contributed by atoms with van der Waals surface area (Å²) in [5, 5.41) is 11.8. The van der Waals surface area contributed by atoms with Gasteiger partial charge in [-0.05, 0) is 31.0 Å². The zero-order valence-electron chi connectivity index (χ0n) is 12.2. The van der Waals surface area contributed by atoms with E-state index in [-0.39, 0.29) is 18.2 Å². The molecule has 1 rings (SSSR count). The Balaban J connectivity index is 2.86. The van der Waals surface area contributed by atoms with E-state index < -0.39 is 12.0 Å². The lowest BCUT2D eigenvalue weighted by molar-refractivity contribution is -0.137. The molecule has 0 fully saturated rings. The van der Waals surface area contributed by atoms with Crippen molar-refractivity contribution in [3.63, 3.8) is 0 Å². The highest BCUT2D eigenvalue weighted by Crippen LogP contribution is 2.22. The molecule has 0 heterocycles. The number of hydrogen-bond donors (Lipinski definition) is 2. The van der Waals surface area contributed by atoms with Crippen molar-refractivity contribution in [3.8, 4) is 0 Å². The SMILES string of the molecule is C=C(C)CC(C)C(=O)NC(CC(=O)O)c1cccc(Br)c1. The van der Waals surface area contributed by atoms with Gasteiger partial charge in [-0.3, -0.25) is 9.59 Å². The minimum absolute atomic E-state index is 0.151. The van der Waals surface area contributed by atoms with Crippen molar-refractivity contribution in [2.24, 2.45) is 5.92 Å². The third kappa shape index (κ3) is 6.12. The Morgan fingerprint density at radius 2 is 2.05 bits per heavy atom. The van der Waals surface area contributed by atoms with Gasteiger partial charge < -0.3 is 10.4 Å².